The Kier molecular flexibility index (Phi) is 6.71. The highest BCUT2D eigenvalue weighted by Crippen LogP contribution is 2.56. The molecule has 1 N–H and O–H groups in total. The highest BCUT2D eigenvalue weighted by Gasteiger charge is 2.39. The molecule has 3 aromatic rings. The Morgan fingerprint density at radius 2 is 1.45 bits per heavy atom. The largest absolute Gasteiger partial charge is 0.339 e. The van der Waals surface area contributed by atoms with Gasteiger partial charge in [0.2, 0.25) is 3.79 Å². The van der Waals surface area contributed by atoms with E-state index in [2.05, 4.69) is 17.5 Å². The van der Waals surface area contributed by atoms with Crippen molar-refractivity contribution in [1.82, 2.24) is 0 Å². The van der Waals surface area contributed by atoms with E-state index in [9.17, 15) is 5.26 Å². The summed E-state index contributed by atoms with van der Waals surface area (Å²) in [5.74, 6) is 0.335. The van der Waals surface area contributed by atoms with E-state index in [1.807, 2.05) is 86.6 Å². The molecule has 0 bridgehead atoms. The summed E-state index contributed by atoms with van der Waals surface area (Å²) in [7, 11) is -2.83. The maximum Gasteiger partial charge on any atom is 0.234 e. The fourth-order valence-electron chi connectivity index (χ4n) is 3.65. The van der Waals surface area contributed by atoms with Crippen LogP contribution in [-0.2, 0) is 0 Å². The Morgan fingerprint density at radius 3 is 1.94 bits per heavy atom. The van der Waals surface area contributed by atoms with E-state index in [4.69, 9.17) is 44.3 Å². The van der Waals surface area contributed by atoms with Gasteiger partial charge >= 0.3 is 0 Å². The number of halogens is 3. The molecule has 166 valence electrons. The molecule has 0 saturated heterocycles. The van der Waals surface area contributed by atoms with Crippen molar-refractivity contribution in [2.24, 2.45) is 9.51 Å². The lowest BCUT2D eigenvalue weighted by atomic mass is 10.1. The van der Waals surface area contributed by atoms with E-state index >= 15 is 0 Å². The van der Waals surface area contributed by atoms with Gasteiger partial charge in [0, 0.05) is 16.3 Å². The molecule has 0 saturated carbocycles. The number of benzene rings is 3. The van der Waals surface area contributed by atoms with Crippen LogP contribution in [0.4, 0.5) is 5.69 Å². The van der Waals surface area contributed by atoms with Crippen LogP contribution in [0, 0.1) is 25.2 Å². The van der Waals surface area contributed by atoms with Crippen LogP contribution in [0.2, 0.25) is 0 Å². The molecule has 33 heavy (non-hydrogen) atoms. The lowest BCUT2D eigenvalue weighted by Crippen LogP contribution is -2.27. The fourth-order valence-corrected chi connectivity index (χ4v) is 7.20. The van der Waals surface area contributed by atoms with Crippen LogP contribution in [0.3, 0.4) is 0 Å². The molecule has 0 aliphatic carbocycles. The highest BCUT2D eigenvalue weighted by molar-refractivity contribution is 7.80. The van der Waals surface area contributed by atoms with E-state index in [0.717, 1.165) is 27.4 Å². The minimum absolute atomic E-state index is 0.0818. The Morgan fingerprint density at radius 1 is 0.879 bits per heavy atom. The number of nitrogens with one attached hydrogen (secondary N) is 1. The fraction of sp³-hybridized carbons (Fsp3) is 0.120. The third-order valence-electron chi connectivity index (χ3n) is 5.21. The second-order valence-corrected chi connectivity index (χ2v) is 12.5. The van der Waals surface area contributed by atoms with Gasteiger partial charge in [-0.15, -0.1) is 0 Å². The lowest BCUT2D eigenvalue weighted by molar-refractivity contribution is 1.17. The number of amidine groups is 1. The number of anilines is 1. The summed E-state index contributed by atoms with van der Waals surface area (Å²) in [5, 5.41) is 15.2. The number of nitriles is 1. The van der Waals surface area contributed by atoms with Crippen molar-refractivity contribution in [1.29, 1.82) is 5.26 Å². The lowest BCUT2D eigenvalue weighted by Gasteiger charge is -2.30. The molecule has 8 heteroatoms. The van der Waals surface area contributed by atoms with Gasteiger partial charge in [0.05, 0.1) is 0 Å². The average molecular weight is 514 g/mol. The number of alkyl halides is 3. The molecular weight excluding hydrogens is 494 g/mol. The number of allylic oxidation sites excluding steroid dienone is 1. The smallest absolute Gasteiger partial charge is 0.234 e. The number of hydrogen-bond acceptors (Lipinski definition) is 4. The quantitative estimate of drug-likeness (QED) is 0.301. The Balaban J connectivity index is 2.06. The standard InChI is InChI=1S/C25H20Cl3N4P/c1-17-13-14-22(18(2)15-17)30-24-21(16-29)23(25(26,27)28)31-33(32-24,19-9-5-3-6-10-19)20-11-7-4-8-12-20/h3-15H,1-2H3,(H,30,32). The number of nitrogens with zero attached hydrogens (tertiary/aromatic N) is 3. The summed E-state index contributed by atoms with van der Waals surface area (Å²) in [6, 6.07) is 27.6. The summed E-state index contributed by atoms with van der Waals surface area (Å²) in [6.07, 6.45) is 0. The molecular formula is C25H20Cl3N4P. The van der Waals surface area contributed by atoms with Gasteiger partial charge in [0.25, 0.3) is 0 Å². The third kappa shape index (κ3) is 4.74. The molecule has 0 atom stereocenters. The zero-order valence-corrected chi connectivity index (χ0v) is 21.1. The third-order valence-corrected chi connectivity index (χ3v) is 8.76. The minimum Gasteiger partial charge on any atom is -0.339 e. The molecule has 4 rings (SSSR count). The normalized spacial score (nSPS) is 15.3. The zero-order valence-electron chi connectivity index (χ0n) is 17.9. The molecule has 1 heterocycles. The first-order valence-corrected chi connectivity index (χ1v) is 13.0. The maximum atomic E-state index is 10.0. The van der Waals surface area contributed by atoms with Crippen molar-refractivity contribution in [3.05, 3.63) is 101 Å². The molecule has 4 nitrogen and oxygen atoms in total. The monoisotopic (exact) mass is 512 g/mol. The van der Waals surface area contributed by atoms with Gasteiger partial charge < -0.3 is 5.32 Å². The predicted molar refractivity (Wildman–Crippen MR) is 141 cm³/mol. The van der Waals surface area contributed by atoms with E-state index in [-0.39, 0.29) is 11.3 Å². The molecule has 0 aromatic heterocycles. The summed E-state index contributed by atoms with van der Waals surface area (Å²) in [5.41, 5.74) is 3.15. The van der Waals surface area contributed by atoms with Gasteiger partial charge in [0.15, 0.2) is 5.84 Å². The average Bonchev–Trinajstić information content (AvgIpc) is 2.81. The van der Waals surface area contributed by atoms with E-state index in [1.165, 1.54) is 0 Å². The van der Waals surface area contributed by atoms with Crippen molar-refractivity contribution in [3.8, 4) is 6.07 Å². The molecule has 1 aliphatic rings. The molecule has 0 fully saturated rings. The van der Waals surface area contributed by atoms with Crippen molar-refractivity contribution < 1.29 is 0 Å². The summed E-state index contributed by atoms with van der Waals surface area (Å²) in [6.45, 7) is 4.02. The first kappa shape index (κ1) is 23.6. The first-order chi connectivity index (χ1) is 15.7. The maximum absolute atomic E-state index is 10.0. The van der Waals surface area contributed by atoms with Crippen LogP contribution in [0.1, 0.15) is 11.1 Å². The summed E-state index contributed by atoms with van der Waals surface area (Å²) < 4.78 is 8.16. The number of hydrogen-bond donors (Lipinski definition) is 1. The first-order valence-electron chi connectivity index (χ1n) is 10.1. The van der Waals surface area contributed by atoms with Crippen LogP contribution in [-0.4, -0.2) is 9.63 Å². The van der Waals surface area contributed by atoms with Crippen molar-refractivity contribution in [2.75, 3.05) is 5.32 Å². The Hall–Kier alpha value is -2.54. The number of rotatable bonds is 3. The second kappa shape index (κ2) is 9.37. The van der Waals surface area contributed by atoms with E-state index in [1.54, 1.807) is 0 Å². The van der Waals surface area contributed by atoms with Gasteiger partial charge in [-0.25, -0.2) is 9.51 Å². The Bertz CT molecular complexity index is 1310. The van der Waals surface area contributed by atoms with Crippen LogP contribution in [0.25, 0.3) is 0 Å². The molecule has 0 unspecified atom stereocenters. The van der Waals surface area contributed by atoms with Gasteiger partial charge in [-0.05, 0) is 25.5 Å². The predicted octanol–water partition coefficient (Wildman–Crippen LogP) is 7.04. The zero-order chi connectivity index (χ0) is 23.6. The van der Waals surface area contributed by atoms with Crippen LogP contribution in [0.5, 0.6) is 0 Å². The van der Waals surface area contributed by atoms with E-state index in [0.29, 0.717) is 5.84 Å². The van der Waals surface area contributed by atoms with Crippen LogP contribution >= 0.6 is 42.0 Å². The summed E-state index contributed by atoms with van der Waals surface area (Å²) in [4.78, 5) is 0. The van der Waals surface area contributed by atoms with Gasteiger partial charge in [-0.3, -0.25) is 0 Å². The van der Waals surface area contributed by atoms with Crippen molar-refractivity contribution >= 4 is 64.1 Å². The molecule has 0 radical (unpaired) electrons. The SMILES string of the molecule is Cc1ccc(NC2=NP(c3ccccc3)(c3ccccc3)=NC(C(Cl)(Cl)Cl)=C2C#N)c(C)c1. The van der Waals surface area contributed by atoms with Gasteiger partial charge in [0.1, 0.15) is 24.5 Å². The molecule has 1 aliphatic heterocycles. The molecule has 0 spiro atoms. The van der Waals surface area contributed by atoms with Crippen LogP contribution < -0.4 is 15.9 Å². The Labute approximate surface area is 208 Å². The minimum atomic E-state index is -2.83. The molecule has 3 aromatic carbocycles. The van der Waals surface area contributed by atoms with Crippen molar-refractivity contribution in [3.63, 3.8) is 0 Å². The second-order valence-electron chi connectivity index (χ2n) is 7.60. The highest BCUT2D eigenvalue weighted by atomic mass is 35.6. The van der Waals surface area contributed by atoms with Gasteiger partial charge in [-0.1, -0.05) is 113 Å². The topological polar surface area (TPSA) is 60.5 Å². The number of aryl methyl sites for hydroxylation is 2. The molecule has 0 amide bonds. The van der Waals surface area contributed by atoms with Gasteiger partial charge in [-0.2, -0.15) is 5.26 Å². The van der Waals surface area contributed by atoms with Crippen LogP contribution in [0.15, 0.2) is 99.6 Å². The van der Waals surface area contributed by atoms with Crippen molar-refractivity contribution in [2.45, 2.75) is 17.6 Å². The van der Waals surface area contributed by atoms with E-state index < -0.39 is 11.0 Å². The summed E-state index contributed by atoms with van der Waals surface area (Å²) >= 11 is 19.1.